The van der Waals surface area contributed by atoms with E-state index in [0.717, 1.165) is 51.4 Å². The van der Waals surface area contributed by atoms with Crippen molar-refractivity contribution in [1.29, 1.82) is 0 Å². The molecule has 32 heavy (non-hydrogen) atoms. The number of carbonyl (C=O) groups is 1. The minimum atomic E-state index is 0.163. The number of hydrogen-bond donors (Lipinski definition) is 0. The Morgan fingerprint density at radius 3 is 2.41 bits per heavy atom. The molecule has 5 heteroatoms. The molecule has 2 aromatic heterocycles. The van der Waals surface area contributed by atoms with Crippen LogP contribution in [0.4, 0.5) is 0 Å². The molecule has 2 aromatic carbocycles. The van der Waals surface area contributed by atoms with Crippen molar-refractivity contribution in [3.05, 3.63) is 94.5 Å². The first-order valence-corrected chi connectivity index (χ1v) is 12.2. The zero-order chi connectivity index (χ0) is 21.9. The molecule has 4 nitrogen and oxygen atoms in total. The maximum absolute atomic E-state index is 13.5. The predicted molar refractivity (Wildman–Crippen MR) is 132 cm³/mol. The second-order valence-corrected chi connectivity index (χ2v) is 9.59. The summed E-state index contributed by atoms with van der Waals surface area (Å²) in [6.45, 7) is 7.28. The highest BCUT2D eigenvalue weighted by atomic mass is 32.1. The van der Waals surface area contributed by atoms with Gasteiger partial charge in [0, 0.05) is 39.3 Å². The lowest BCUT2D eigenvalue weighted by Crippen LogP contribution is -2.48. The second-order valence-electron chi connectivity index (χ2n) is 8.64. The molecule has 5 rings (SSSR count). The highest BCUT2D eigenvalue weighted by Crippen LogP contribution is 2.27. The van der Waals surface area contributed by atoms with Crippen LogP contribution in [0.5, 0.6) is 0 Å². The molecule has 0 saturated carbocycles. The lowest BCUT2D eigenvalue weighted by Gasteiger charge is -2.35. The number of amides is 1. The number of benzene rings is 2. The summed E-state index contributed by atoms with van der Waals surface area (Å²) in [4.78, 5) is 18.0. The molecule has 4 aromatic rings. The van der Waals surface area contributed by atoms with E-state index in [2.05, 4.69) is 82.4 Å². The molecular formula is C27H29N3OS. The van der Waals surface area contributed by atoms with E-state index in [1.54, 1.807) is 11.3 Å². The first kappa shape index (κ1) is 21.0. The van der Waals surface area contributed by atoms with Crippen molar-refractivity contribution >= 4 is 27.5 Å². The number of hydrogen-bond acceptors (Lipinski definition) is 3. The Morgan fingerprint density at radius 2 is 1.66 bits per heavy atom. The van der Waals surface area contributed by atoms with E-state index in [1.165, 1.54) is 26.9 Å². The summed E-state index contributed by atoms with van der Waals surface area (Å²) in [5.41, 5.74) is 5.93. The first-order valence-electron chi connectivity index (χ1n) is 11.4. The Bertz CT molecular complexity index is 1180. The lowest BCUT2D eigenvalue weighted by atomic mass is 10.1. The van der Waals surface area contributed by atoms with Gasteiger partial charge in [-0.15, -0.1) is 11.3 Å². The Labute approximate surface area is 193 Å². The SMILES string of the molecule is Cc1ccc(CN2CCN(C(=O)c3cc4sccc4n3CCc3ccccc3)CC2)cc1. The summed E-state index contributed by atoms with van der Waals surface area (Å²) in [5.74, 6) is 0.163. The van der Waals surface area contributed by atoms with Gasteiger partial charge in [-0.25, -0.2) is 0 Å². The molecule has 0 bridgehead atoms. The van der Waals surface area contributed by atoms with E-state index < -0.39 is 0 Å². The number of rotatable bonds is 6. The van der Waals surface area contributed by atoms with Crippen LogP contribution in [0.1, 0.15) is 27.2 Å². The zero-order valence-corrected chi connectivity index (χ0v) is 19.4. The second kappa shape index (κ2) is 9.31. The molecule has 0 atom stereocenters. The summed E-state index contributed by atoms with van der Waals surface area (Å²) >= 11 is 1.71. The fraction of sp³-hybridized carbons (Fsp3) is 0.296. The highest BCUT2D eigenvalue weighted by Gasteiger charge is 2.25. The third kappa shape index (κ3) is 4.50. The van der Waals surface area contributed by atoms with Gasteiger partial charge in [0.05, 0.1) is 10.2 Å². The molecular weight excluding hydrogens is 414 g/mol. The molecule has 1 aliphatic heterocycles. The quantitative estimate of drug-likeness (QED) is 0.409. The van der Waals surface area contributed by atoms with Crippen LogP contribution in [0.2, 0.25) is 0 Å². The molecule has 1 aliphatic rings. The van der Waals surface area contributed by atoms with E-state index in [1.807, 2.05) is 11.0 Å². The Morgan fingerprint density at radius 1 is 0.906 bits per heavy atom. The number of aromatic nitrogens is 1. The van der Waals surface area contributed by atoms with Crippen LogP contribution in [-0.2, 0) is 19.5 Å². The number of piperazine rings is 1. The van der Waals surface area contributed by atoms with Crippen molar-refractivity contribution in [3.63, 3.8) is 0 Å². The van der Waals surface area contributed by atoms with E-state index >= 15 is 0 Å². The van der Waals surface area contributed by atoms with Gasteiger partial charge in [-0.3, -0.25) is 9.69 Å². The maximum atomic E-state index is 13.5. The summed E-state index contributed by atoms with van der Waals surface area (Å²) in [7, 11) is 0. The molecule has 0 radical (unpaired) electrons. The molecule has 1 fully saturated rings. The number of thiophene rings is 1. The number of nitrogens with zero attached hydrogens (tertiary/aromatic N) is 3. The van der Waals surface area contributed by atoms with Gasteiger partial charge < -0.3 is 9.47 Å². The van der Waals surface area contributed by atoms with Crippen molar-refractivity contribution in [1.82, 2.24) is 14.4 Å². The Hall–Kier alpha value is -2.89. The minimum Gasteiger partial charge on any atom is -0.335 e. The standard InChI is InChI=1S/C27H29N3OS/c1-21-7-9-23(10-8-21)20-28-14-16-29(17-15-28)27(31)25-19-26-24(12-18-32-26)30(25)13-11-22-5-3-2-4-6-22/h2-10,12,18-19H,11,13-17,20H2,1H3. The largest absolute Gasteiger partial charge is 0.335 e. The zero-order valence-electron chi connectivity index (χ0n) is 18.5. The molecule has 164 valence electrons. The molecule has 1 amide bonds. The molecule has 1 saturated heterocycles. The normalized spacial score (nSPS) is 14.8. The van der Waals surface area contributed by atoms with Crippen molar-refractivity contribution in [2.45, 2.75) is 26.4 Å². The van der Waals surface area contributed by atoms with Crippen LogP contribution in [0, 0.1) is 6.92 Å². The van der Waals surface area contributed by atoms with Gasteiger partial charge in [0.25, 0.3) is 5.91 Å². The Balaban J connectivity index is 1.26. The minimum absolute atomic E-state index is 0.163. The van der Waals surface area contributed by atoms with E-state index in [0.29, 0.717) is 0 Å². The third-order valence-corrected chi connectivity index (χ3v) is 7.25. The molecule has 0 N–H and O–H groups in total. The topological polar surface area (TPSA) is 28.5 Å². The van der Waals surface area contributed by atoms with Crippen molar-refractivity contribution in [2.24, 2.45) is 0 Å². The fourth-order valence-corrected chi connectivity index (χ4v) is 5.33. The molecule has 0 unspecified atom stereocenters. The lowest BCUT2D eigenvalue weighted by molar-refractivity contribution is 0.0618. The average Bonchev–Trinajstić information content (AvgIpc) is 3.42. The van der Waals surface area contributed by atoms with Gasteiger partial charge in [-0.05, 0) is 42.0 Å². The molecule has 3 heterocycles. The smallest absolute Gasteiger partial charge is 0.270 e. The molecule has 0 aliphatic carbocycles. The molecule has 0 spiro atoms. The van der Waals surface area contributed by atoms with Gasteiger partial charge in [-0.2, -0.15) is 0 Å². The number of aryl methyl sites for hydroxylation is 3. The average molecular weight is 444 g/mol. The van der Waals surface area contributed by atoms with Gasteiger partial charge >= 0.3 is 0 Å². The van der Waals surface area contributed by atoms with E-state index in [9.17, 15) is 4.79 Å². The summed E-state index contributed by atoms with van der Waals surface area (Å²) in [6.07, 6.45) is 0.922. The van der Waals surface area contributed by atoms with Crippen LogP contribution in [0.15, 0.2) is 72.1 Å². The van der Waals surface area contributed by atoms with Crippen LogP contribution < -0.4 is 0 Å². The van der Waals surface area contributed by atoms with Crippen LogP contribution >= 0.6 is 11.3 Å². The third-order valence-electron chi connectivity index (χ3n) is 6.40. The predicted octanol–water partition coefficient (Wildman–Crippen LogP) is 5.21. The summed E-state index contributed by atoms with van der Waals surface area (Å²) < 4.78 is 3.42. The maximum Gasteiger partial charge on any atom is 0.270 e. The summed E-state index contributed by atoms with van der Waals surface area (Å²) in [5, 5.41) is 2.11. The monoisotopic (exact) mass is 443 g/mol. The Kier molecular flexibility index (Phi) is 6.10. The van der Waals surface area contributed by atoms with Crippen molar-refractivity contribution in [2.75, 3.05) is 26.2 Å². The van der Waals surface area contributed by atoms with Crippen LogP contribution in [0.3, 0.4) is 0 Å². The van der Waals surface area contributed by atoms with Gasteiger partial charge in [0.1, 0.15) is 5.69 Å². The first-order chi connectivity index (χ1) is 15.7. The van der Waals surface area contributed by atoms with E-state index in [4.69, 9.17) is 0 Å². The number of carbonyl (C=O) groups excluding carboxylic acids is 1. The van der Waals surface area contributed by atoms with Gasteiger partial charge in [-0.1, -0.05) is 60.2 Å². The van der Waals surface area contributed by atoms with Gasteiger partial charge in [0.2, 0.25) is 0 Å². The number of fused-ring (bicyclic) bond motifs is 1. The summed E-state index contributed by atoms with van der Waals surface area (Å²) in [6, 6.07) is 23.5. The highest BCUT2D eigenvalue weighted by molar-refractivity contribution is 7.17. The van der Waals surface area contributed by atoms with Crippen LogP contribution in [-0.4, -0.2) is 46.5 Å². The van der Waals surface area contributed by atoms with Crippen LogP contribution in [0.25, 0.3) is 10.2 Å². The van der Waals surface area contributed by atoms with Crippen molar-refractivity contribution < 1.29 is 4.79 Å². The van der Waals surface area contributed by atoms with Crippen molar-refractivity contribution in [3.8, 4) is 0 Å². The van der Waals surface area contributed by atoms with E-state index in [-0.39, 0.29) is 5.91 Å². The fourth-order valence-electron chi connectivity index (χ4n) is 4.50. The van der Waals surface area contributed by atoms with Gasteiger partial charge in [0.15, 0.2) is 0 Å².